The van der Waals surface area contributed by atoms with E-state index in [0.29, 0.717) is 0 Å². The van der Waals surface area contributed by atoms with E-state index in [-0.39, 0.29) is 42.9 Å². The van der Waals surface area contributed by atoms with Crippen molar-refractivity contribution < 1.29 is 24.1 Å². The lowest BCUT2D eigenvalue weighted by Gasteiger charge is -2.20. The van der Waals surface area contributed by atoms with Crippen molar-refractivity contribution in [3.63, 3.8) is 0 Å². The normalized spacial score (nSPS) is 29.0. The van der Waals surface area contributed by atoms with Gasteiger partial charge in [-0.2, -0.15) is 4.98 Å². The molecule has 2 aliphatic rings. The number of nitrogens with zero attached hydrogens (tertiary/aromatic N) is 2. The highest BCUT2D eigenvalue weighted by Crippen LogP contribution is 2.40. The van der Waals surface area contributed by atoms with Crippen molar-refractivity contribution in [1.82, 2.24) is 9.55 Å². The summed E-state index contributed by atoms with van der Waals surface area (Å²) in [6, 6.07) is 1.76. The molecule has 0 bridgehead atoms. The number of hydrogen-bond acceptors (Lipinski definition) is 7. The molecule has 0 radical (unpaired) electrons. The Hall–Kier alpha value is -1.64. The quantitative estimate of drug-likeness (QED) is 0.745. The lowest BCUT2D eigenvalue weighted by atomic mass is 10.1. The van der Waals surface area contributed by atoms with Crippen molar-refractivity contribution >= 4 is 18.4 Å². The van der Waals surface area contributed by atoms with Gasteiger partial charge >= 0.3 is 12.0 Å². The van der Waals surface area contributed by atoms with Crippen LogP contribution in [0, 0.1) is 5.41 Å². The summed E-state index contributed by atoms with van der Waals surface area (Å²) in [5.41, 5.74) is 0.0806. The Morgan fingerprint density at radius 2 is 2.38 bits per heavy atom. The molecule has 0 spiro atoms. The lowest BCUT2D eigenvalue weighted by Crippen LogP contribution is -2.39. The van der Waals surface area contributed by atoms with Crippen molar-refractivity contribution in [2.75, 3.05) is 6.61 Å². The number of rotatable bonds is 3. The third kappa shape index (κ3) is 2.61. The second-order valence-electron chi connectivity index (χ2n) is 4.64. The van der Waals surface area contributed by atoms with Crippen LogP contribution < -0.4 is 10.2 Å². The van der Waals surface area contributed by atoms with Gasteiger partial charge in [-0.1, -0.05) is 6.92 Å². The number of carbonyl (C=O) groups is 1. The fraction of sp³-hybridized carbons (Fsp3) is 0.583. The Labute approximate surface area is 126 Å². The van der Waals surface area contributed by atoms with E-state index in [9.17, 15) is 9.90 Å². The smallest absolute Gasteiger partial charge is 0.306 e. The first kappa shape index (κ1) is 15.7. The molecular weight excluding hydrogens is 302 g/mol. The molecule has 1 saturated heterocycles. The van der Waals surface area contributed by atoms with Crippen LogP contribution >= 0.6 is 12.4 Å². The van der Waals surface area contributed by atoms with Gasteiger partial charge in [-0.3, -0.25) is 14.8 Å². The SMILES string of the molecule is CCC(=O)O[C@H]1[C@@H]2Oc3nc(=N)ccn3[C@@H]2O[C@@H]1CO.Cl. The minimum absolute atomic E-state index is 0. The van der Waals surface area contributed by atoms with Crippen LogP contribution in [0.1, 0.15) is 19.6 Å². The predicted octanol–water partition coefficient (Wildman–Crippen LogP) is -0.243. The zero-order valence-corrected chi connectivity index (χ0v) is 12.1. The van der Waals surface area contributed by atoms with E-state index in [0.717, 1.165) is 0 Å². The summed E-state index contributed by atoms with van der Waals surface area (Å²) >= 11 is 0. The Kier molecular flexibility index (Phi) is 4.50. The average molecular weight is 318 g/mol. The minimum atomic E-state index is -0.687. The summed E-state index contributed by atoms with van der Waals surface area (Å²) in [6.07, 6.45) is -0.512. The van der Waals surface area contributed by atoms with Gasteiger partial charge in [0, 0.05) is 12.6 Å². The third-order valence-electron chi connectivity index (χ3n) is 3.37. The Bertz CT molecular complexity index is 593. The number of aromatic nitrogens is 2. The van der Waals surface area contributed by atoms with E-state index in [1.807, 2.05) is 0 Å². The highest BCUT2D eigenvalue weighted by Gasteiger charge is 2.53. The third-order valence-corrected chi connectivity index (χ3v) is 3.37. The van der Waals surface area contributed by atoms with E-state index in [4.69, 9.17) is 19.6 Å². The number of hydrogen-bond donors (Lipinski definition) is 2. The topological polar surface area (TPSA) is 107 Å². The van der Waals surface area contributed by atoms with Gasteiger partial charge in [0.1, 0.15) is 6.10 Å². The molecule has 1 fully saturated rings. The molecule has 0 aromatic carbocycles. The Morgan fingerprint density at radius 3 is 3.05 bits per heavy atom. The molecule has 2 aliphatic heterocycles. The highest BCUT2D eigenvalue weighted by atomic mass is 35.5. The van der Waals surface area contributed by atoms with Gasteiger partial charge in [0.25, 0.3) is 0 Å². The van der Waals surface area contributed by atoms with E-state index >= 15 is 0 Å². The fourth-order valence-corrected chi connectivity index (χ4v) is 2.40. The summed E-state index contributed by atoms with van der Waals surface area (Å²) in [6.45, 7) is 1.42. The number of aliphatic hydroxyl groups is 1. The first-order valence-corrected chi connectivity index (χ1v) is 6.40. The maximum absolute atomic E-state index is 11.5. The minimum Gasteiger partial charge on any atom is -0.455 e. The van der Waals surface area contributed by atoms with Crippen LogP contribution in [0.2, 0.25) is 0 Å². The van der Waals surface area contributed by atoms with Gasteiger partial charge in [-0.15, -0.1) is 12.4 Å². The highest BCUT2D eigenvalue weighted by molar-refractivity contribution is 5.85. The van der Waals surface area contributed by atoms with Crippen LogP contribution in [0.3, 0.4) is 0 Å². The van der Waals surface area contributed by atoms with Crippen molar-refractivity contribution in [2.45, 2.75) is 37.9 Å². The molecule has 0 aliphatic carbocycles. The molecule has 8 nitrogen and oxygen atoms in total. The first-order chi connectivity index (χ1) is 9.63. The van der Waals surface area contributed by atoms with Gasteiger partial charge in [0.2, 0.25) is 0 Å². The van der Waals surface area contributed by atoms with Gasteiger partial charge in [0.05, 0.1) is 6.61 Å². The molecule has 21 heavy (non-hydrogen) atoms. The molecule has 0 saturated carbocycles. The van der Waals surface area contributed by atoms with Crippen molar-refractivity contribution in [1.29, 1.82) is 5.41 Å². The van der Waals surface area contributed by atoms with E-state index in [1.165, 1.54) is 6.07 Å². The molecule has 2 N–H and O–H groups in total. The molecule has 0 amide bonds. The maximum atomic E-state index is 11.5. The average Bonchev–Trinajstić information content (AvgIpc) is 2.94. The molecule has 116 valence electrons. The summed E-state index contributed by atoms with van der Waals surface area (Å²) < 4.78 is 18.2. The lowest BCUT2D eigenvalue weighted by molar-refractivity contribution is -0.155. The van der Waals surface area contributed by atoms with E-state index in [2.05, 4.69) is 4.98 Å². The molecule has 3 heterocycles. The number of esters is 1. The number of aliphatic hydroxyl groups excluding tert-OH is 1. The summed E-state index contributed by atoms with van der Waals surface area (Å²) in [4.78, 5) is 15.4. The van der Waals surface area contributed by atoms with Crippen molar-refractivity contribution in [3.8, 4) is 6.01 Å². The molecule has 9 heteroatoms. The number of halogens is 1. The van der Waals surface area contributed by atoms with Gasteiger partial charge < -0.3 is 19.3 Å². The summed E-state index contributed by atoms with van der Waals surface area (Å²) in [7, 11) is 0. The van der Waals surface area contributed by atoms with E-state index < -0.39 is 24.5 Å². The molecule has 3 rings (SSSR count). The predicted molar refractivity (Wildman–Crippen MR) is 70.9 cm³/mol. The zero-order chi connectivity index (χ0) is 14.3. The van der Waals surface area contributed by atoms with Crippen LogP contribution in [-0.2, 0) is 14.3 Å². The Morgan fingerprint density at radius 1 is 1.62 bits per heavy atom. The summed E-state index contributed by atoms with van der Waals surface area (Å²) in [5.74, 6) is -0.378. The maximum Gasteiger partial charge on any atom is 0.306 e. The molecule has 0 unspecified atom stereocenters. The molecular formula is C12H16ClN3O5. The molecule has 1 aromatic heterocycles. The second-order valence-corrected chi connectivity index (χ2v) is 4.64. The molecule has 4 atom stereocenters. The van der Waals surface area contributed by atoms with E-state index in [1.54, 1.807) is 17.7 Å². The van der Waals surface area contributed by atoms with Crippen LogP contribution in [0.25, 0.3) is 0 Å². The number of nitrogens with one attached hydrogen (secondary N) is 1. The van der Waals surface area contributed by atoms with Gasteiger partial charge in [0.15, 0.2) is 23.9 Å². The summed E-state index contributed by atoms with van der Waals surface area (Å²) in [5, 5.41) is 16.8. The standard InChI is InChI=1S/C12H15N3O5.ClH/c1-2-8(17)19-9-6(5-16)18-11-10(9)20-12-14-7(13)3-4-15(11)12;/h3-4,6,9-11,13,16H,2,5H2,1H3;1H/t6-,9-,10+,11-;/m1./s1. The zero-order valence-electron chi connectivity index (χ0n) is 11.3. The first-order valence-electron chi connectivity index (χ1n) is 6.40. The number of fused-ring (bicyclic) bond motifs is 3. The van der Waals surface area contributed by atoms with Crippen LogP contribution in [0.4, 0.5) is 0 Å². The van der Waals surface area contributed by atoms with Gasteiger partial charge in [-0.05, 0) is 6.07 Å². The monoisotopic (exact) mass is 317 g/mol. The molecule has 1 aromatic rings. The van der Waals surface area contributed by atoms with Gasteiger partial charge in [-0.25, -0.2) is 0 Å². The second kappa shape index (κ2) is 6.00. The largest absolute Gasteiger partial charge is 0.455 e. The Balaban J connectivity index is 0.00000161. The number of carbonyl (C=O) groups excluding carboxylic acids is 1. The van der Waals surface area contributed by atoms with Crippen molar-refractivity contribution in [3.05, 3.63) is 17.8 Å². The van der Waals surface area contributed by atoms with Crippen LogP contribution in [0.15, 0.2) is 12.3 Å². The van der Waals surface area contributed by atoms with Crippen molar-refractivity contribution in [2.24, 2.45) is 0 Å². The fourth-order valence-electron chi connectivity index (χ4n) is 2.40. The number of ether oxygens (including phenoxy) is 3. The van der Waals surface area contributed by atoms with Crippen LogP contribution in [0.5, 0.6) is 6.01 Å². The van der Waals surface area contributed by atoms with Crippen LogP contribution in [-0.4, -0.2) is 45.5 Å².